The number of aliphatic imine (C=N–C) groups is 1. The smallest absolute Gasteiger partial charge is 0.191 e. The summed E-state index contributed by atoms with van der Waals surface area (Å²) < 4.78 is 38.8. The lowest BCUT2D eigenvalue weighted by molar-refractivity contribution is 0.599. The van der Waals surface area contributed by atoms with E-state index in [0.29, 0.717) is 23.6 Å². The monoisotopic (exact) mass is 429 g/mol. The van der Waals surface area contributed by atoms with Gasteiger partial charge in [-0.15, -0.1) is 0 Å². The van der Waals surface area contributed by atoms with Crippen molar-refractivity contribution < 1.29 is 12.8 Å². The van der Waals surface area contributed by atoms with Crippen molar-refractivity contribution in [2.24, 2.45) is 4.99 Å². The van der Waals surface area contributed by atoms with Crippen LogP contribution in [0.2, 0.25) is 0 Å². The Kier molecular flexibility index (Phi) is 6.83. The first kappa shape index (κ1) is 21.5. The van der Waals surface area contributed by atoms with E-state index in [0.717, 1.165) is 17.5 Å². The van der Waals surface area contributed by atoms with Gasteiger partial charge in [-0.3, -0.25) is 4.99 Å². The van der Waals surface area contributed by atoms with Gasteiger partial charge in [0.05, 0.1) is 11.4 Å². The molecule has 0 radical (unpaired) electrons. The highest BCUT2D eigenvalue weighted by molar-refractivity contribution is 7.89. The molecule has 0 aliphatic heterocycles. The van der Waals surface area contributed by atoms with Crippen LogP contribution in [0.25, 0.3) is 5.69 Å². The fourth-order valence-electron chi connectivity index (χ4n) is 3.06. The van der Waals surface area contributed by atoms with Crippen molar-refractivity contribution in [2.75, 3.05) is 13.3 Å². The van der Waals surface area contributed by atoms with Gasteiger partial charge in [-0.2, -0.15) is 5.10 Å². The van der Waals surface area contributed by atoms with Crippen molar-refractivity contribution in [3.8, 4) is 5.69 Å². The molecular weight excluding hydrogens is 405 g/mol. The minimum atomic E-state index is -3.23. The van der Waals surface area contributed by atoms with Crippen LogP contribution in [-0.4, -0.2) is 37.5 Å². The van der Waals surface area contributed by atoms with Crippen molar-refractivity contribution in [3.05, 3.63) is 83.4 Å². The lowest BCUT2D eigenvalue weighted by atomic mass is 10.1. The second-order valence-electron chi connectivity index (χ2n) is 6.84. The van der Waals surface area contributed by atoms with E-state index in [1.807, 2.05) is 36.5 Å². The molecule has 9 heteroatoms. The second kappa shape index (κ2) is 9.53. The van der Waals surface area contributed by atoms with Crippen LogP contribution >= 0.6 is 0 Å². The number of nitrogens with one attached hydrogen (secondary N) is 2. The lowest BCUT2D eigenvalue weighted by Crippen LogP contribution is -2.36. The molecule has 158 valence electrons. The van der Waals surface area contributed by atoms with E-state index in [9.17, 15) is 12.8 Å². The van der Waals surface area contributed by atoms with Crippen molar-refractivity contribution in [1.82, 2.24) is 20.4 Å². The zero-order valence-electron chi connectivity index (χ0n) is 16.8. The van der Waals surface area contributed by atoms with E-state index >= 15 is 0 Å². The maximum atomic E-state index is 13.7. The molecule has 0 bridgehead atoms. The third-order valence-electron chi connectivity index (χ3n) is 4.45. The summed E-state index contributed by atoms with van der Waals surface area (Å²) in [5.41, 5.74) is 3.10. The number of benzene rings is 2. The third kappa shape index (κ3) is 5.90. The molecule has 0 spiro atoms. The summed E-state index contributed by atoms with van der Waals surface area (Å²) in [6, 6.07) is 13.8. The summed E-state index contributed by atoms with van der Waals surface area (Å²) in [4.78, 5) is 4.20. The summed E-state index contributed by atoms with van der Waals surface area (Å²) in [6.45, 7) is 0.734. The predicted molar refractivity (Wildman–Crippen MR) is 116 cm³/mol. The summed E-state index contributed by atoms with van der Waals surface area (Å²) in [5.74, 6) is -0.0481. The van der Waals surface area contributed by atoms with Gasteiger partial charge < -0.3 is 10.6 Å². The van der Waals surface area contributed by atoms with Gasteiger partial charge in [-0.1, -0.05) is 24.3 Å². The lowest BCUT2D eigenvalue weighted by Gasteiger charge is -2.16. The Balaban J connectivity index is 1.68. The van der Waals surface area contributed by atoms with Crippen LogP contribution < -0.4 is 10.6 Å². The van der Waals surface area contributed by atoms with Gasteiger partial charge in [0.15, 0.2) is 15.8 Å². The molecule has 0 saturated heterocycles. The third-order valence-corrected chi connectivity index (χ3v) is 5.28. The molecule has 0 atom stereocenters. The van der Waals surface area contributed by atoms with Crippen molar-refractivity contribution in [2.45, 2.75) is 18.8 Å². The molecule has 0 amide bonds. The Morgan fingerprint density at radius 2 is 1.80 bits per heavy atom. The molecule has 0 aliphatic rings. The molecule has 2 N–H and O–H groups in total. The number of rotatable bonds is 7. The highest BCUT2D eigenvalue weighted by atomic mass is 32.2. The Morgan fingerprint density at radius 3 is 2.47 bits per heavy atom. The molecule has 0 aliphatic carbocycles. The van der Waals surface area contributed by atoms with Crippen LogP contribution in [0.1, 0.15) is 16.7 Å². The quantitative estimate of drug-likeness (QED) is 0.445. The average Bonchev–Trinajstić information content (AvgIpc) is 3.24. The summed E-state index contributed by atoms with van der Waals surface area (Å²) >= 11 is 0. The maximum absolute atomic E-state index is 13.7. The fraction of sp³-hybridized carbons (Fsp3) is 0.238. The number of sulfone groups is 1. The van der Waals surface area contributed by atoms with Gasteiger partial charge in [0, 0.05) is 38.8 Å². The topological polar surface area (TPSA) is 88.4 Å². The molecule has 0 saturated carbocycles. The second-order valence-corrected chi connectivity index (χ2v) is 8.98. The standard InChI is InChI=1S/C21H24FN5O2S/c1-23-21(24-13-16-6-3-4-7-20(16)27-11-5-10-26-27)25-14-18-12-19(22)9-8-17(18)15-30(2,28)29/h3-12H,13-15H2,1-2H3,(H2,23,24,25). The summed E-state index contributed by atoms with van der Waals surface area (Å²) in [7, 11) is -1.60. The Bertz CT molecular complexity index is 1130. The van der Waals surface area contributed by atoms with Gasteiger partial charge in [-0.25, -0.2) is 17.5 Å². The Labute approximate surface area is 175 Å². The van der Waals surface area contributed by atoms with Gasteiger partial charge in [0.25, 0.3) is 0 Å². The van der Waals surface area contributed by atoms with Crippen LogP contribution in [0.15, 0.2) is 65.9 Å². The number of hydrogen-bond acceptors (Lipinski definition) is 4. The minimum absolute atomic E-state index is 0.145. The minimum Gasteiger partial charge on any atom is -0.352 e. The molecule has 0 fully saturated rings. The Hall–Kier alpha value is -3.20. The number of hydrogen-bond donors (Lipinski definition) is 2. The predicted octanol–water partition coefficient (Wildman–Crippen LogP) is 2.42. The van der Waals surface area contributed by atoms with E-state index in [4.69, 9.17) is 0 Å². The van der Waals surface area contributed by atoms with E-state index in [2.05, 4.69) is 20.7 Å². The van der Waals surface area contributed by atoms with Crippen molar-refractivity contribution >= 4 is 15.8 Å². The first-order chi connectivity index (χ1) is 14.4. The molecule has 3 aromatic rings. The van der Waals surface area contributed by atoms with E-state index < -0.39 is 15.7 Å². The van der Waals surface area contributed by atoms with Gasteiger partial charge in [0.1, 0.15) is 5.82 Å². The molecule has 1 heterocycles. The highest BCUT2D eigenvalue weighted by Gasteiger charge is 2.11. The van der Waals surface area contributed by atoms with Crippen LogP contribution in [0.4, 0.5) is 4.39 Å². The van der Waals surface area contributed by atoms with Gasteiger partial charge in [-0.05, 0) is 41.0 Å². The van der Waals surface area contributed by atoms with Gasteiger partial charge in [0.2, 0.25) is 0 Å². The number of guanidine groups is 1. The molecule has 2 aromatic carbocycles. The number of aromatic nitrogens is 2. The van der Waals surface area contributed by atoms with Crippen LogP contribution in [-0.2, 0) is 28.7 Å². The van der Waals surface area contributed by atoms with Crippen molar-refractivity contribution in [3.63, 3.8) is 0 Å². The molecule has 3 rings (SSSR count). The largest absolute Gasteiger partial charge is 0.352 e. The highest BCUT2D eigenvalue weighted by Crippen LogP contribution is 2.15. The number of para-hydroxylation sites is 1. The fourth-order valence-corrected chi connectivity index (χ4v) is 3.90. The first-order valence-corrected chi connectivity index (χ1v) is 11.4. The molecular formula is C21H24FN5O2S. The summed E-state index contributed by atoms with van der Waals surface area (Å²) in [5, 5.41) is 10.6. The van der Waals surface area contributed by atoms with Crippen LogP contribution in [0.5, 0.6) is 0 Å². The molecule has 30 heavy (non-hydrogen) atoms. The van der Waals surface area contributed by atoms with E-state index in [1.165, 1.54) is 18.2 Å². The van der Waals surface area contributed by atoms with E-state index in [1.54, 1.807) is 17.9 Å². The molecule has 7 nitrogen and oxygen atoms in total. The van der Waals surface area contributed by atoms with Crippen LogP contribution in [0.3, 0.4) is 0 Å². The maximum Gasteiger partial charge on any atom is 0.191 e. The van der Waals surface area contributed by atoms with Crippen molar-refractivity contribution in [1.29, 1.82) is 0 Å². The van der Waals surface area contributed by atoms with Gasteiger partial charge >= 0.3 is 0 Å². The molecule has 1 aromatic heterocycles. The van der Waals surface area contributed by atoms with E-state index in [-0.39, 0.29) is 12.3 Å². The summed E-state index contributed by atoms with van der Waals surface area (Å²) in [6.07, 6.45) is 4.75. The first-order valence-electron chi connectivity index (χ1n) is 9.33. The number of nitrogens with zero attached hydrogens (tertiary/aromatic N) is 3. The average molecular weight is 430 g/mol. The zero-order valence-corrected chi connectivity index (χ0v) is 17.7. The molecule has 0 unspecified atom stereocenters. The Morgan fingerprint density at radius 1 is 1.07 bits per heavy atom. The normalized spacial score (nSPS) is 12.0. The SMILES string of the molecule is CN=C(NCc1cc(F)ccc1CS(C)(=O)=O)NCc1ccccc1-n1cccn1. The number of halogens is 1. The van der Waals surface area contributed by atoms with Crippen LogP contribution in [0, 0.1) is 5.82 Å². The zero-order chi connectivity index (χ0) is 21.6.